The van der Waals surface area contributed by atoms with Crippen molar-refractivity contribution >= 4 is 29.1 Å². The third kappa shape index (κ3) is 3.41. The maximum atomic E-state index is 12.3. The first-order valence-corrected chi connectivity index (χ1v) is 7.11. The molecule has 19 heavy (non-hydrogen) atoms. The Balaban J connectivity index is 2.04. The molecular formula is C14H18Cl2N2O. The van der Waals surface area contributed by atoms with Crippen LogP contribution in [-0.2, 0) is 11.2 Å². The number of carbonyl (C=O) groups is 1. The van der Waals surface area contributed by atoms with E-state index in [1.807, 2.05) is 4.90 Å². The Labute approximate surface area is 123 Å². The lowest BCUT2D eigenvalue weighted by Crippen LogP contribution is -2.35. The zero-order valence-electron chi connectivity index (χ0n) is 11.0. The molecule has 2 rings (SSSR count). The molecule has 0 spiro atoms. The molecule has 1 aliphatic rings. The monoisotopic (exact) mass is 300 g/mol. The van der Waals surface area contributed by atoms with Crippen molar-refractivity contribution in [1.29, 1.82) is 0 Å². The molecule has 0 bridgehead atoms. The molecule has 3 nitrogen and oxygen atoms in total. The predicted molar refractivity (Wildman–Crippen MR) is 78.5 cm³/mol. The van der Waals surface area contributed by atoms with Crippen LogP contribution in [0.4, 0.5) is 0 Å². The van der Waals surface area contributed by atoms with Gasteiger partial charge in [-0.25, -0.2) is 0 Å². The van der Waals surface area contributed by atoms with E-state index in [1.54, 1.807) is 18.2 Å². The highest BCUT2D eigenvalue weighted by molar-refractivity contribution is 6.33. The second-order valence-electron chi connectivity index (χ2n) is 5.49. The molecule has 1 aromatic rings. The number of carbonyl (C=O) groups excluding carboxylic acids is 1. The molecule has 1 atom stereocenters. The Bertz CT molecular complexity index is 492. The first-order valence-electron chi connectivity index (χ1n) is 6.35. The van der Waals surface area contributed by atoms with Crippen LogP contribution in [-0.4, -0.2) is 30.4 Å². The summed E-state index contributed by atoms with van der Waals surface area (Å²) in [6.07, 6.45) is 1.25. The van der Waals surface area contributed by atoms with E-state index < -0.39 is 0 Å². The van der Waals surface area contributed by atoms with Crippen molar-refractivity contribution in [2.24, 2.45) is 11.1 Å². The molecule has 0 radical (unpaired) electrons. The van der Waals surface area contributed by atoms with Crippen LogP contribution in [0.1, 0.15) is 18.9 Å². The van der Waals surface area contributed by atoms with Crippen molar-refractivity contribution in [3.05, 3.63) is 33.8 Å². The number of amides is 1. The second-order valence-corrected chi connectivity index (χ2v) is 6.34. The zero-order chi connectivity index (χ0) is 14.0. The molecule has 104 valence electrons. The predicted octanol–water partition coefficient (Wildman–Crippen LogP) is 2.73. The fraction of sp³-hybridized carbons (Fsp3) is 0.500. The highest BCUT2D eigenvalue weighted by atomic mass is 35.5. The summed E-state index contributed by atoms with van der Waals surface area (Å²) in [5, 5.41) is 1.18. The van der Waals surface area contributed by atoms with Crippen LogP contribution in [0, 0.1) is 5.41 Å². The fourth-order valence-electron chi connectivity index (χ4n) is 2.36. The van der Waals surface area contributed by atoms with E-state index in [-0.39, 0.29) is 11.3 Å². The summed E-state index contributed by atoms with van der Waals surface area (Å²) in [6, 6.07) is 5.19. The Morgan fingerprint density at radius 1 is 1.47 bits per heavy atom. The van der Waals surface area contributed by atoms with Crippen molar-refractivity contribution < 1.29 is 4.79 Å². The number of likely N-dealkylation sites (tertiary alicyclic amines) is 1. The maximum absolute atomic E-state index is 12.3. The van der Waals surface area contributed by atoms with Gasteiger partial charge < -0.3 is 10.6 Å². The Kier molecular flexibility index (Phi) is 4.39. The number of benzene rings is 1. The molecule has 0 aliphatic carbocycles. The normalized spacial score (nSPS) is 22.8. The zero-order valence-corrected chi connectivity index (χ0v) is 12.5. The van der Waals surface area contributed by atoms with Crippen molar-refractivity contribution in [3.63, 3.8) is 0 Å². The van der Waals surface area contributed by atoms with Gasteiger partial charge in [0.05, 0.1) is 6.42 Å². The SMILES string of the molecule is CC1(CN)CCN(C(=O)Cc2cc(Cl)ccc2Cl)C1. The van der Waals surface area contributed by atoms with Crippen LogP contribution in [0.2, 0.25) is 10.0 Å². The van der Waals surface area contributed by atoms with E-state index in [4.69, 9.17) is 28.9 Å². The van der Waals surface area contributed by atoms with Gasteiger partial charge >= 0.3 is 0 Å². The van der Waals surface area contributed by atoms with Gasteiger partial charge in [0.2, 0.25) is 5.91 Å². The summed E-state index contributed by atoms with van der Waals surface area (Å²) >= 11 is 12.0. The first kappa shape index (κ1) is 14.6. The summed E-state index contributed by atoms with van der Waals surface area (Å²) in [5.41, 5.74) is 6.58. The van der Waals surface area contributed by atoms with Gasteiger partial charge in [-0.3, -0.25) is 4.79 Å². The summed E-state index contributed by atoms with van der Waals surface area (Å²) in [6.45, 7) is 4.21. The third-order valence-electron chi connectivity index (χ3n) is 3.75. The van der Waals surface area contributed by atoms with E-state index in [1.165, 1.54) is 0 Å². The van der Waals surface area contributed by atoms with Gasteiger partial charge in [-0.15, -0.1) is 0 Å². The molecule has 1 aromatic carbocycles. The maximum Gasteiger partial charge on any atom is 0.227 e. The van der Waals surface area contributed by atoms with Crippen LogP contribution in [0.15, 0.2) is 18.2 Å². The van der Waals surface area contributed by atoms with Crippen molar-refractivity contribution in [3.8, 4) is 0 Å². The number of halogens is 2. The van der Waals surface area contributed by atoms with Gasteiger partial charge in [0.15, 0.2) is 0 Å². The second kappa shape index (κ2) is 5.70. The molecular weight excluding hydrogens is 283 g/mol. The van der Waals surface area contributed by atoms with Gasteiger partial charge in [0, 0.05) is 23.1 Å². The fourth-order valence-corrected chi connectivity index (χ4v) is 2.74. The van der Waals surface area contributed by atoms with Crippen LogP contribution >= 0.6 is 23.2 Å². The molecule has 0 saturated carbocycles. The summed E-state index contributed by atoms with van der Waals surface area (Å²) < 4.78 is 0. The average Bonchev–Trinajstić information content (AvgIpc) is 2.77. The molecule has 1 fully saturated rings. The lowest BCUT2D eigenvalue weighted by molar-refractivity contribution is -0.129. The van der Waals surface area contributed by atoms with Gasteiger partial charge in [-0.05, 0) is 42.1 Å². The van der Waals surface area contributed by atoms with Gasteiger partial charge in [0.25, 0.3) is 0 Å². The van der Waals surface area contributed by atoms with Crippen LogP contribution in [0.3, 0.4) is 0 Å². The molecule has 1 unspecified atom stereocenters. The Morgan fingerprint density at radius 2 is 2.21 bits per heavy atom. The summed E-state index contributed by atoms with van der Waals surface area (Å²) in [4.78, 5) is 14.1. The van der Waals surface area contributed by atoms with Crippen molar-refractivity contribution in [2.45, 2.75) is 19.8 Å². The average molecular weight is 301 g/mol. The largest absolute Gasteiger partial charge is 0.342 e. The van der Waals surface area contributed by atoms with E-state index >= 15 is 0 Å². The number of nitrogens with two attached hydrogens (primary N) is 1. The third-order valence-corrected chi connectivity index (χ3v) is 4.36. The van der Waals surface area contributed by atoms with Crippen LogP contribution in [0.25, 0.3) is 0 Å². The number of hydrogen-bond acceptors (Lipinski definition) is 2. The van der Waals surface area contributed by atoms with Gasteiger partial charge in [0.1, 0.15) is 0 Å². The van der Waals surface area contributed by atoms with E-state index in [2.05, 4.69) is 6.92 Å². The molecule has 1 saturated heterocycles. The quantitative estimate of drug-likeness (QED) is 0.933. The summed E-state index contributed by atoms with van der Waals surface area (Å²) in [7, 11) is 0. The molecule has 1 aliphatic heterocycles. The highest BCUT2D eigenvalue weighted by Crippen LogP contribution is 2.29. The van der Waals surface area contributed by atoms with Gasteiger partial charge in [-0.2, -0.15) is 0 Å². The van der Waals surface area contributed by atoms with Gasteiger partial charge in [-0.1, -0.05) is 30.1 Å². The lowest BCUT2D eigenvalue weighted by Gasteiger charge is -2.22. The minimum atomic E-state index is 0.0494. The number of hydrogen-bond donors (Lipinski definition) is 1. The van der Waals surface area contributed by atoms with E-state index in [9.17, 15) is 4.79 Å². The van der Waals surface area contributed by atoms with Crippen LogP contribution in [0.5, 0.6) is 0 Å². The Hall–Kier alpha value is -0.770. The minimum Gasteiger partial charge on any atom is -0.342 e. The molecule has 1 heterocycles. The first-order chi connectivity index (χ1) is 8.93. The molecule has 2 N–H and O–H groups in total. The molecule has 5 heteroatoms. The number of rotatable bonds is 3. The molecule has 1 amide bonds. The van der Waals surface area contributed by atoms with E-state index in [0.29, 0.717) is 23.0 Å². The lowest BCUT2D eigenvalue weighted by atomic mass is 9.90. The smallest absolute Gasteiger partial charge is 0.227 e. The standard InChI is InChI=1S/C14H18Cl2N2O/c1-14(8-17)4-5-18(9-14)13(19)7-10-6-11(15)2-3-12(10)16/h2-3,6H,4-5,7-9,17H2,1H3. The van der Waals surface area contributed by atoms with Crippen molar-refractivity contribution in [1.82, 2.24) is 4.90 Å². The highest BCUT2D eigenvalue weighted by Gasteiger charge is 2.34. The minimum absolute atomic E-state index is 0.0494. The number of nitrogens with zero attached hydrogens (tertiary/aromatic N) is 1. The van der Waals surface area contributed by atoms with Crippen LogP contribution < -0.4 is 5.73 Å². The summed E-state index contributed by atoms with van der Waals surface area (Å²) in [5.74, 6) is 0.0846. The van der Waals surface area contributed by atoms with E-state index in [0.717, 1.165) is 25.1 Å². The topological polar surface area (TPSA) is 46.3 Å². The Morgan fingerprint density at radius 3 is 2.84 bits per heavy atom. The van der Waals surface area contributed by atoms with Crippen molar-refractivity contribution in [2.75, 3.05) is 19.6 Å². The molecule has 0 aromatic heterocycles.